The Hall–Kier alpha value is -1.40. The first-order chi connectivity index (χ1) is 9.43. The Labute approximate surface area is 121 Å². The molecule has 0 fully saturated rings. The Balaban J connectivity index is 2.55. The van der Waals surface area contributed by atoms with E-state index < -0.39 is 29.3 Å². The third kappa shape index (κ3) is 2.86. The van der Waals surface area contributed by atoms with Crippen molar-refractivity contribution in [3.05, 3.63) is 69.2 Å². The van der Waals surface area contributed by atoms with Crippen LogP contribution in [0.3, 0.4) is 0 Å². The van der Waals surface area contributed by atoms with Gasteiger partial charge in [0, 0.05) is 17.2 Å². The second-order valence-electron chi connectivity index (χ2n) is 4.18. The van der Waals surface area contributed by atoms with Gasteiger partial charge >= 0.3 is 0 Å². The van der Waals surface area contributed by atoms with Gasteiger partial charge in [-0.25, -0.2) is 17.6 Å². The number of hydrogen-bond acceptors (Lipinski definition) is 1. The summed E-state index contributed by atoms with van der Waals surface area (Å²) in [6, 6.07) is 3.99. The third-order valence-corrected chi connectivity index (χ3v) is 3.52. The van der Waals surface area contributed by atoms with E-state index in [0.717, 1.165) is 18.2 Å². The van der Waals surface area contributed by atoms with Gasteiger partial charge in [-0.1, -0.05) is 6.07 Å². The zero-order valence-electron chi connectivity index (χ0n) is 10.4. The molecule has 0 amide bonds. The van der Waals surface area contributed by atoms with Gasteiger partial charge in [-0.15, -0.1) is 0 Å². The van der Waals surface area contributed by atoms with Gasteiger partial charge in [0.2, 0.25) is 0 Å². The molecule has 0 spiro atoms. The predicted octanol–water partition coefficient (Wildman–Crippen LogP) is 4.31. The first-order valence-electron chi connectivity index (χ1n) is 5.70. The van der Waals surface area contributed by atoms with Crippen LogP contribution < -0.4 is 5.32 Å². The van der Waals surface area contributed by atoms with Crippen LogP contribution in [0.2, 0.25) is 0 Å². The fourth-order valence-electron chi connectivity index (χ4n) is 1.97. The molecular weight excluding hydrogens is 338 g/mol. The largest absolute Gasteiger partial charge is 0.309 e. The van der Waals surface area contributed by atoms with Crippen molar-refractivity contribution >= 4 is 15.9 Å². The molecule has 0 aliphatic carbocycles. The molecule has 0 saturated heterocycles. The van der Waals surface area contributed by atoms with Crippen molar-refractivity contribution in [1.29, 1.82) is 0 Å². The molecule has 0 bridgehead atoms. The Bertz CT molecular complexity index is 645. The Morgan fingerprint density at radius 1 is 0.900 bits per heavy atom. The second-order valence-corrected chi connectivity index (χ2v) is 5.03. The zero-order chi connectivity index (χ0) is 14.9. The van der Waals surface area contributed by atoms with Gasteiger partial charge in [0.15, 0.2) is 0 Å². The lowest BCUT2D eigenvalue weighted by Crippen LogP contribution is -2.20. The van der Waals surface area contributed by atoms with Crippen LogP contribution in [-0.4, -0.2) is 7.05 Å². The smallest absolute Gasteiger partial charge is 0.137 e. The Kier molecular flexibility index (Phi) is 4.45. The van der Waals surface area contributed by atoms with Crippen LogP contribution >= 0.6 is 15.9 Å². The normalized spacial score (nSPS) is 12.5. The minimum atomic E-state index is -0.918. The average molecular weight is 348 g/mol. The first-order valence-corrected chi connectivity index (χ1v) is 6.50. The summed E-state index contributed by atoms with van der Waals surface area (Å²) in [6.07, 6.45) is 0. The van der Waals surface area contributed by atoms with Crippen molar-refractivity contribution in [2.24, 2.45) is 0 Å². The van der Waals surface area contributed by atoms with Crippen LogP contribution in [0.25, 0.3) is 0 Å². The van der Waals surface area contributed by atoms with Crippen LogP contribution in [0.1, 0.15) is 17.2 Å². The van der Waals surface area contributed by atoms with E-state index in [1.54, 1.807) is 0 Å². The van der Waals surface area contributed by atoms with E-state index in [2.05, 4.69) is 21.2 Å². The molecule has 20 heavy (non-hydrogen) atoms. The molecule has 0 aromatic heterocycles. The lowest BCUT2D eigenvalue weighted by Gasteiger charge is -2.19. The van der Waals surface area contributed by atoms with Gasteiger partial charge in [0.25, 0.3) is 0 Å². The van der Waals surface area contributed by atoms with Crippen molar-refractivity contribution < 1.29 is 17.6 Å². The van der Waals surface area contributed by atoms with Crippen LogP contribution in [0, 0.1) is 23.3 Å². The van der Waals surface area contributed by atoms with Crippen LogP contribution in [0.15, 0.2) is 34.8 Å². The van der Waals surface area contributed by atoms with Crippen LogP contribution in [0.4, 0.5) is 17.6 Å². The number of nitrogens with one attached hydrogen (secondary N) is 1. The molecule has 1 N–H and O–H groups in total. The van der Waals surface area contributed by atoms with Gasteiger partial charge in [-0.05, 0) is 41.2 Å². The quantitative estimate of drug-likeness (QED) is 0.644. The number of hydrogen-bond donors (Lipinski definition) is 1. The van der Waals surface area contributed by atoms with E-state index in [4.69, 9.17) is 0 Å². The average Bonchev–Trinajstić information content (AvgIpc) is 2.38. The first kappa shape index (κ1) is 15.0. The minimum Gasteiger partial charge on any atom is -0.309 e. The van der Waals surface area contributed by atoms with E-state index in [9.17, 15) is 17.6 Å². The van der Waals surface area contributed by atoms with E-state index in [-0.39, 0.29) is 15.6 Å². The molecule has 0 aliphatic heterocycles. The van der Waals surface area contributed by atoms with Crippen molar-refractivity contribution in [1.82, 2.24) is 5.32 Å². The van der Waals surface area contributed by atoms with Crippen molar-refractivity contribution in [2.75, 3.05) is 7.05 Å². The molecule has 1 unspecified atom stereocenters. The summed E-state index contributed by atoms with van der Waals surface area (Å²) in [5.41, 5.74) is -0.0202. The molecule has 0 radical (unpaired) electrons. The number of halogens is 5. The van der Waals surface area contributed by atoms with Crippen LogP contribution in [0.5, 0.6) is 0 Å². The SMILES string of the molecule is CNC(c1ccc(F)cc1F)c1cc(F)c(Br)cc1F. The highest BCUT2D eigenvalue weighted by atomic mass is 79.9. The molecule has 0 aliphatic rings. The molecule has 1 nitrogen and oxygen atoms in total. The fourth-order valence-corrected chi connectivity index (χ4v) is 2.29. The summed E-state index contributed by atoms with van der Waals surface area (Å²) < 4.78 is 54.1. The molecule has 1 atom stereocenters. The van der Waals surface area contributed by atoms with Gasteiger partial charge < -0.3 is 5.32 Å². The fraction of sp³-hybridized carbons (Fsp3) is 0.143. The summed E-state index contributed by atoms with van der Waals surface area (Å²) in [4.78, 5) is 0. The standard InChI is InChI=1S/C14H10BrF4N/c1-20-14(8-3-2-7(16)4-11(8)17)9-5-13(19)10(15)6-12(9)18/h2-6,14,20H,1H3. The number of benzene rings is 2. The summed E-state index contributed by atoms with van der Waals surface area (Å²) in [5.74, 6) is -2.92. The second kappa shape index (κ2) is 5.93. The topological polar surface area (TPSA) is 12.0 Å². The Morgan fingerprint density at radius 3 is 2.15 bits per heavy atom. The maximum absolute atomic E-state index is 13.9. The lowest BCUT2D eigenvalue weighted by molar-refractivity contribution is 0.527. The van der Waals surface area contributed by atoms with Gasteiger partial charge in [-0.2, -0.15) is 0 Å². The summed E-state index contributed by atoms with van der Waals surface area (Å²) in [5, 5.41) is 2.70. The molecule has 2 aromatic rings. The molecule has 0 heterocycles. The highest BCUT2D eigenvalue weighted by molar-refractivity contribution is 9.10. The molecule has 0 saturated carbocycles. The minimum absolute atomic E-state index is 0.0202. The Morgan fingerprint density at radius 2 is 1.55 bits per heavy atom. The highest BCUT2D eigenvalue weighted by Crippen LogP contribution is 2.29. The van der Waals surface area contributed by atoms with Gasteiger partial charge in [-0.3, -0.25) is 0 Å². The molecule has 2 aromatic carbocycles. The van der Waals surface area contributed by atoms with Crippen molar-refractivity contribution in [3.63, 3.8) is 0 Å². The van der Waals surface area contributed by atoms with E-state index in [1.807, 2.05) is 0 Å². The summed E-state index contributed by atoms with van der Waals surface area (Å²) in [6.45, 7) is 0. The highest BCUT2D eigenvalue weighted by Gasteiger charge is 2.21. The molecule has 2 rings (SSSR count). The van der Waals surface area contributed by atoms with Gasteiger partial charge in [0.05, 0.1) is 10.5 Å². The van der Waals surface area contributed by atoms with E-state index in [1.165, 1.54) is 13.1 Å². The zero-order valence-corrected chi connectivity index (χ0v) is 11.9. The van der Waals surface area contributed by atoms with E-state index in [0.29, 0.717) is 6.07 Å². The maximum atomic E-state index is 13.9. The predicted molar refractivity (Wildman–Crippen MR) is 71.3 cm³/mol. The molecule has 6 heteroatoms. The molecular formula is C14H10BrF4N. The lowest BCUT2D eigenvalue weighted by atomic mass is 9.97. The maximum Gasteiger partial charge on any atom is 0.137 e. The third-order valence-electron chi connectivity index (χ3n) is 2.91. The van der Waals surface area contributed by atoms with Crippen LogP contribution in [-0.2, 0) is 0 Å². The summed E-state index contributed by atoms with van der Waals surface area (Å²) in [7, 11) is 1.48. The summed E-state index contributed by atoms with van der Waals surface area (Å²) >= 11 is 2.87. The molecule has 106 valence electrons. The monoisotopic (exact) mass is 347 g/mol. The van der Waals surface area contributed by atoms with E-state index >= 15 is 0 Å². The van der Waals surface area contributed by atoms with Crippen molar-refractivity contribution in [3.8, 4) is 0 Å². The van der Waals surface area contributed by atoms with Gasteiger partial charge in [0.1, 0.15) is 23.3 Å². The number of rotatable bonds is 3. The van der Waals surface area contributed by atoms with Crippen molar-refractivity contribution in [2.45, 2.75) is 6.04 Å².